The topological polar surface area (TPSA) is 93.2 Å². The van der Waals surface area contributed by atoms with Crippen LogP contribution in [0.4, 0.5) is 4.39 Å². The van der Waals surface area contributed by atoms with Gasteiger partial charge in [-0.25, -0.2) is 12.8 Å². The van der Waals surface area contributed by atoms with E-state index in [4.69, 9.17) is 9.47 Å². The Bertz CT molecular complexity index is 1060. The Morgan fingerprint density at radius 1 is 1.31 bits per heavy atom. The highest BCUT2D eigenvalue weighted by atomic mass is 32.2. The first-order valence-corrected chi connectivity index (χ1v) is 12.3. The number of methoxy groups -OCH3 is 1. The molecule has 2 aromatic rings. The molecule has 1 atom stereocenters. The third-order valence-corrected chi connectivity index (χ3v) is 8.44. The van der Waals surface area contributed by atoms with Crippen LogP contribution in [0, 0.1) is 11.7 Å². The quantitative estimate of drug-likeness (QED) is 0.535. The summed E-state index contributed by atoms with van der Waals surface area (Å²) in [4.78, 5) is 26.2. The van der Waals surface area contributed by atoms with E-state index in [0.29, 0.717) is 24.9 Å². The summed E-state index contributed by atoms with van der Waals surface area (Å²) >= 11 is 1.13. The zero-order valence-corrected chi connectivity index (χ0v) is 19.5. The van der Waals surface area contributed by atoms with Gasteiger partial charge >= 0.3 is 5.97 Å². The van der Waals surface area contributed by atoms with Gasteiger partial charge in [0, 0.05) is 26.7 Å². The number of carbonyl (C=O) groups is 2. The number of hydrogen-bond donors (Lipinski definition) is 0. The Kier molecular flexibility index (Phi) is 7.86. The molecule has 1 amide bonds. The minimum Gasteiger partial charge on any atom is -0.494 e. The van der Waals surface area contributed by atoms with Gasteiger partial charge in [0.25, 0.3) is 15.9 Å². The van der Waals surface area contributed by atoms with Crippen LogP contribution in [0.3, 0.4) is 0 Å². The molecule has 0 N–H and O–H groups in total. The number of thiophene rings is 1. The van der Waals surface area contributed by atoms with Crippen molar-refractivity contribution in [1.82, 2.24) is 9.21 Å². The normalized spacial score (nSPS) is 17.0. The molecule has 2 heterocycles. The number of halogens is 1. The number of esters is 1. The number of likely N-dealkylation sites (N-methyl/N-ethyl adjacent to an activating group) is 1. The van der Waals surface area contributed by atoms with Gasteiger partial charge in [-0.05, 0) is 42.0 Å². The van der Waals surface area contributed by atoms with Crippen molar-refractivity contribution in [3.05, 3.63) is 47.1 Å². The largest absolute Gasteiger partial charge is 0.494 e. The van der Waals surface area contributed by atoms with Crippen molar-refractivity contribution >= 4 is 33.2 Å². The van der Waals surface area contributed by atoms with Gasteiger partial charge in [-0.3, -0.25) is 9.59 Å². The SMILES string of the molecule is COc1ccc(CN(C)C(=O)COC(=O)C2CCCN(S(=O)(=O)c3cccs3)C2)cc1F. The zero-order valence-electron chi connectivity index (χ0n) is 17.8. The maximum Gasteiger partial charge on any atom is 0.310 e. The molecule has 3 rings (SSSR count). The van der Waals surface area contributed by atoms with Crippen LogP contribution in [-0.2, 0) is 30.9 Å². The fourth-order valence-electron chi connectivity index (χ4n) is 3.42. The van der Waals surface area contributed by atoms with Crippen molar-refractivity contribution in [3.63, 3.8) is 0 Å². The lowest BCUT2D eigenvalue weighted by molar-refractivity contribution is -0.156. The molecule has 0 bridgehead atoms. The maximum atomic E-state index is 13.8. The number of ether oxygens (including phenoxy) is 2. The summed E-state index contributed by atoms with van der Waals surface area (Å²) in [5.41, 5.74) is 0.562. The first-order valence-electron chi connectivity index (χ1n) is 9.99. The van der Waals surface area contributed by atoms with Crippen LogP contribution in [0.2, 0.25) is 0 Å². The van der Waals surface area contributed by atoms with E-state index in [2.05, 4.69) is 0 Å². The first kappa shape index (κ1) is 24.1. The maximum absolute atomic E-state index is 13.8. The molecule has 1 unspecified atom stereocenters. The molecule has 0 saturated carbocycles. The van der Waals surface area contributed by atoms with Gasteiger partial charge < -0.3 is 14.4 Å². The molecule has 0 spiro atoms. The highest BCUT2D eigenvalue weighted by Crippen LogP contribution is 2.27. The number of hydrogen-bond acceptors (Lipinski definition) is 7. The van der Waals surface area contributed by atoms with Gasteiger partial charge in [-0.2, -0.15) is 4.31 Å². The minimum absolute atomic E-state index is 0.0220. The van der Waals surface area contributed by atoms with Gasteiger partial charge in [-0.15, -0.1) is 11.3 Å². The molecule has 1 aromatic heterocycles. The van der Waals surface area contributed by atoms with Crippen LogP contribution < -0.4 is 4.74 Å². The molecule has 32 heavy (non-hydrogen) atoms. The lowest BCUT2D eigenvalue weighted by atomic mass is 10.00. The standard InChI is InChI=1S/C21H25FN2O6S2/c1-23(12-15-7-8-18(29-2)17(22)11-15)19(25)14-30-21(26)16-5-3-9-24(13-16)32(27,28)20-6-4-10-31-20/h4,6-8,10-11,16H,3,5,9,12-14H2,1-2H3. The van der Waals surface area contributed by atoms with Crippen LogP contribution >= 0.6 is 11.3 Å². The van der Waals surface area contributed by atoms with Gasteiger partial charge in [0.05, 0.1) is 13.0 Å². The molecule has 8 nitrogen and oxygen atoms in total. The molecule has 1 saturated heterocycles. The Morgan fingerprint density at radius 3 is 2.75 bits per heavy atom. The van der Waals surface area contributed by atoms with E-state index >= 15 is 0 Å². The van der Waals surface area contributed by atoms with Crippen LogP contribution in [0.5, 0.6) is 5.75 Å². The first-order chi connectivity index (χ1) is 15.2. The Morgan fingerprint density at radius 2 is 2.09 bits per heavy atom. The summed E-state index contributed by atoms with van der Waals surface area (Å²) < 4.78 is 50.8. The number of rotatable bonds is 8. The monoisotopic (exact) mass is 484 g/mol. The van der Waals surface area contributed by atoms with E-state index in [1.165, 1.54) is 41.6 Å². The van der Waals surface area contributed by atoms with Gasteiger partial charge in [0.2, 0.25) is 0 Å². The summed E-state index contributed by atoms with van der Waals surface area (Å²) in [6.07, 6.45) is 1.02. The molecular weight excluding hydrogens is 459 g/mol. The van der Waals surface area contributed by atoms with Crippen molar-refractivity contribution in [2.75, 3.05) is 33.9 Å². The molecule has 1 fully saturated rings. The van der Waals surface area contributed by atoms with E-state index < -0.39 is 40.2 Å². The number of benzene rings is 1. The predicted molar refractivity (Wildman–Crippen MR) is 116 cm³/mol. The number of piperidine rings is 1. The van der Waals surface area contributed by atoms with E-state index in [1.54, 1.807) is 17.5 Å². The third-order valence-electron chi connectivity index (χ3n) is 5.21. The van der Waals surface area contributed by atoms with Crippen LogP contribution in [0.25, 0.3) is 0 Å². The highest BCUT2D eigenvalue weighted by Gasteiger charge is 2.34. The molecule has 1 aliphatic rings. The lowest BCUT2D eigenvalue weighted by Gasteiger charge is -2.30. The van der Waals surface area contributed by atoms with Crippen molar-refractivity contribution in [3.8, 4) is 5.75 Å². The summed E-state index contributed by atoms with van der Waals surface area (Å²) in [6.45, 7) is 0.0219. The van der Waals surface area contributed by atoms with E-state index in [0.717, 1.165) is 11.3 Å². The van der Waals surface area contributed by atoms with Crippen LogP contribution in [-0.4, -0.2) is 63.4 Å². The van der Waals surface area contributed by atoms with Gasteiger partial charge in [0.15, 0.2) is 18.2 Å². The van der Waals surface area contributed by atoms with E-state index in [1.807, 2.05) is 0 Å². The smallest absolute Gasteiger partial charge is 0.310 e. The fourth-order valence-corrected chi connectivity index (χ4v) is 6.09. The second kappa shape index (κ2) is 10.4. The predicted octanol–water partition coefficient (Wildman–Crippen LogP) is 2.50. The molecule has 174 valence electrons. The second-order valence-electron chi connectivity index (χ2n) is 7.46. The summed E-state index contributed by atoms with van der Waals surface area (Å²) in [5.74, 6) is -2.11. The van der Waals surface area contributed by atoms with Crippen molar-refractivity contribution in [1.29, 1.82) is 0 Å². The molecular formula is C21H25FN2O6S2. The van der Waals surface area contributed by atoms with Crippen LogP contribution in [0.15, 0.2) is 39.9 Å². The Hall–Kier alpha value is -2.50. The number of amides is 1. The zero-order chi connectivity index (χ0) is 23.3. The fraction of sp³-hybridized carbons (Fsp3) is 0.429. The Balaban J connectivity index is 1.52. The summed E-state index contributed by atoms with van der Waals surface area (Å²) in [6, 6.07) is 7.59. The van der Waals surface area contributed by atoms with Crippen molar-refractivity contribution in [2.24, 2.45) is 5.92 Å². The molecule has 0 aliphatic carbocycles. The highest BCUT2D eigenvalue weighted by molar-refractivity contribution is 7.91. The number of nitrogens with zero attached hydrogens (tertiary/aromatic N) is 2. The average molecular weight is 485 g/mol. The van der Waals surface area contributed by atoms with Crippen molar-refractivity contribution in [2.45, 2.75) is 23.6 Å². The molecule has 0 radical (unpaired) electrons. The Labute approximate surface area is 190 Å². The number of sulfonamides is 1. The molecule has 1 aliphatic heterocycles. The molecule has 11 heteroatoms. The number of carbonyl (C=O) groups excluding carboxylic acids is 2. The van der Waals surface area contributed by atoms with E-state index in [-0.39, 0.29) is 23.0 Å². The lowest BCUT2D eigenvalue weighted by Crippen LogP contribution is -2.43. The summed E-state index contributed by atoms with van der Waals surface area (Å²) in [7, 11) is -0.755. The van der Waals surface area contributed by atoms with Crippen LogP contribution in [0.1, 0.15) is 18.4 Å². The van der Waals surface area contributed by atoms with Crippen molar-refractivity contribution < 1.29 is 31.9 Å². The average Bonchev–Trinajstić information content (AvgIpc) is 3.33. The molecule has 1 aromatic carbocycles. The van der Waals surface area contributed by atoms with Gasteiger partial charge in [-0.1, -0.05) is 12.1 Å². The second-order valence-corrected chi connectivity index (χ2v) is 10.6. The third kappa shape index (κ3) is 5.64. The van der Waals surface area contributed by atoms with E-state index in [9.17, 15) is 22.4 Å². The van der Waals surface area contributed by atoms with Gasteiger partial charge in [0.1, 0.15) is 4.21 Å². The summed E-state index contributed by atoms with van der Waals surface area (Å²) in [5, 5.41) is 1.69. The minimum atomic E-state index is -3.64.